The topological polar surface area (TPSA) is 110 Å². The molecule has 0 aliphatic carbocycles. The van der Waals surface area contributed by atoms with E-state index in [-0.39, 0.29) is 5.91 Å². The number of nitrogens with zero attached hydrogens (tertiary/aromatic N) is 1. The molecule has 6 heteroatoms. The van der Waals surface area contributed by atoms with Crippen molar-refractivity contribution in [1.82, 2.24) is 10.2 Å². The molecule has 0 aliphatic rings. The number of carbonyl (C=O) groups is 1. The van der Waals surface area contributed by atoms with Crippen molar-refractivity contribution in [3.8, 4) is 0 Å². The summed E-state index contributed by atoms with van der Waals surface area (Å²) in [6, 6.07) is 4.80. The highest BCUT2D eigenvalue weighted by Gasteiger charge is 2.12. The Balaban J connectivity index is 2.22. The normalized spacial score (nSPS) is 10.3. The minimum absolute atomic E-state index is 0.286. The predicted octanol–water partition coefficient (Wildman–Crippen LogP) is 1.39. The van der Waals surface area contributed by atoms with Crippen LogP contribution in [-0.4, -0.2) is 16.1 Å². The zero-order valence-corrected chi connectivity index (χ0v) is 10.0. The molecule has 0 bridgehead atoms. The van der Waals surface area contributed by atoms with E-state index in [4.69, 9.17) is 11.5 Å². The number of aromatic nitrogens is 2. The molecule has 2 aromatic rings. The van der Waals surface area contributed by atoms with Gasteiger partial charge in [-0.15, -0.1) is 0 Å². The first-order valence-corrected chi connectivity index (χ1v) is 5.60. The van der Waals surface area contributed by atoms with Gasteiger partial charge >= 0.3 is 0 Å². The zero-order valence-electron chi connectivity index (χ0n) is 10.0. The van der Waals surface area contributed by atoms with Crippen molar-refractivity contribution in [2.24, 2.45) is 0 Å². The second-order valence-electron chi connectivity index (χ2n) is 3.92. The summed E-state index contributed by atoms with van der Waals surface area (Å²) in [7, 11) is 0. The van der Waals surface area contributed by atoms with Crippen LogP contribution in [-0.2, 0) is 6.42 Å². The number of carbonyl (C=O) groups excluding carboxylic acids is 1. The molecule has 1 aromatic heterocycles. The van der Waals surface area contributed by atoms with Crippen LogP contribution < -0.4 is 16.8 Å². The molecule has 0 saturated carbocycles. The number of rotatable bonds is 3. The zero-order chi connectivity index (χ0) is 13.1. The van der Waals surface area contributed by atoms with Crippen LogP contribution in [0.25, 0.3) is 0 Å². The van der Waals surface area contributed by atoms with Crippen LogP contribution in [0, 0.1) is 0 Å². The summed E-state index contributed by atoms with van der Waals surface area (Å²) >= 11 is 0. The van der Waals surface area contributed by atoms with E-state index in [1.54, 1.807) is 24.4 Å². The molecule has 1 amide bonds. The van der Waals surface area contributed by atoms with Gasteiger partial charge in [0.25, 0.3) is 5.91 Å². The van der Waals surface area contributed by atoms with Gasteiger partial charge in [-0.1, -0.05) is 6.92 Å². The summed E-state index contributed by atoms with van der Waals surface area (Å²) < 4.78 is 0. The summed E-state index contributed by atoms with van der Waals surface area (Å²) in [6.45, 7) is 1.98. The lowest BCUT2D eigenvalue weighted by molar-refractivity contribution is 0.102. The fourth-order valence-electron chi connectivity index (χ4n) is 1.66. The van der Waals surface area contributed by atoms with Crippen molar-refractivity contribution in [2.75, 3.05) is 16.8 Å². The number of aryl methyl sites for hydroxylation is 1. The van der Waals surface area contributed by atoms with Gasteiger partial charge in [0.05, 0.1) is 11.8 Å². The fraction of sp³-hybridized carbons (Fsp3) is 0.167. The van der Waals surface area contributed by atoms with Gasteiger partial charge < -0.3 is 16.8 Å². The number of anilines is 3. The van der Waals surface area contributed by atoms with Crippen molar-refractivity contribution in [1.29, 1.82) is 0 Å². The van der Waals surface area contributed by atoms with Gasteiger partial charge in [-0.25, -0.2) is 0 Å². The van der Waals surface area contributed by atoms with E-state index >= 15 is 0 Å². The SMILES string of the molecule is CCc1cn[nH]c1NC(=O)c1ccc(N)cc1N. The number of H-pyrrole nitrogens is 1. The van der Waals surface area contributed by atoms with Crippen LogP contribution in [0.5, 0.6) is 0 Å². The predicted molar refractivity (Wildman–Crippen MR) is 71.2 cm³/mol. The molecule has 0 atom stereocenters. The number of amides is 1. The molecule has 0 fully saturated rings. The van der Waals surface area contributed by atoms with E-state index in [1.165, 1.54) is 0 Å². The standard InChI is InChI=1S/C12H15N5O/c1-2-7-6-15-17-11(7)16-12(18)9-4-3-8(13)5-10(9)14/h3-6H,2,13-14H2,1H3,(H2,15,16,17,18). The number of hydrogen-bond donors (Lipinski definition) is 4. The summed E-state index contributed by atoms with van der Waals surface area (Å²) in [5.41, 5.74) is 13.5. The number of nitrogens with one attached hydrogen (secondary N) is 2. The molecular formula is C12H15N5O. The first-order chi connectivity index (χ1) is 8.61. The largest absolute Gasteiger partial charge is 0.399 e. The maximum Gasteiger partial charge on any atom is 0.258 e. The van der Waals surface area contributed by atoms with Crippen molar-refractivity contribution in [3.05, 3.63) is 35.5 Å². The molecule has 0 radical (unpaired) electrons. The Morgan fingerprint density at radius 2 is 2.22 bits per heavy atom. The summed E-state index contributed by atoms with van der Waals surface area (Å²) in [4.78, 5) is 12.0. The lowest BCUT2D eigenvalue weighted by atomic mass is 10.1. The third kappa shape index (κ3) is 2.27. The van der Waals surface area contributed by atoms with E-state index in [1.807, 2.05) is 6.92 Å². The van der Waals surface area contributed by atoms with Crippen LogP contribution in [0.4, 0.5) is 17.2 Å². The highest BCUT2D eigenvalue weighted by Crippen LogP contribution is 2.18. The van der Waals surface area contributed by atoms with Gasteiger partial charge in [0.1, 0.15) is 5.82 Å². The Morgan fingerprint density at radius 1 is 1.44 bits per heavy atom. The molecule has 1 aromatic carbocycles. The Morgan fingerprint density at radius 3 is 2.89 bits per heavy atom. The molecule has 0 unspecified atom stereocenters. The minimum Gasteiger partial charge on any atom is -0.399 e. The van der Waals surface area contributed by atoms with Gasteiger partial charge in [-0.05, 0) is 24.6 Å². The van der Waals surface area contributed by atoms with Crippen LogP contribution in [0.2, 0.25) is 0 Å². The molecule has 6 nitrogen and oxygen atoms in total. The van der Waals surface area contributed by atoms with Gasteiger partial charge in [0.2, 0.25) is 0 Å². The monoisotopic (exact) mass is 245 g/mol. The van der Waals surface area contributed by atoms with Crippen molar-refractivity contribution < 1.29 is 4.79 Å². The van der Waals surface area contributed by atoms with E-state index in [2.05, 4.69) is 15.5 Å². The van der Waals surface area contributed by atoms with Crippen molar-refractivity contribution >= 4 is 23.1 Å². The smallest absolute Gasteiger partial charge is 0.258 e. The molecule has 94 valence electrons. The number of nitrogen functional groups attached to an aromatic ring is 2. The second-order valence-corrected chi connectivity index (χ2v) is 3.92. The maximum atomic E-state index is 12.0. The Labute approximate surface area is 104 Å². The molecule has 0 spiro atoms. The average Bonchev–Trinajstić information content (AvgIpc) is 2.76. The molecule has 1 heterocycles. The maximum absolute atomic E-state index is 12.0. The van der Waals surface area contributed by atoms with Crippen LogP contribution >= 0.6 is 0 Å². The molecule has 18 heavy (non-hydrogen) atoms. The first kappa shape index (κ1) is 12.0. The Bertz CT molecular complexity index is 576. The van der Waals surface area contributed by atoms with Crippen LogP contribution in [0.1, 0.15) is 22.8 Å². The van der Waals surface area contributed by atoms with Gasteiger partial charge in [0.15, 0.2) is 0 Å². The number of nitrogens with two attached hydrogens (primary N) is 2. The Kier molecular flexibility index (Phi) is 3.18. The van der Waals surface area contributed by atoms with E-state index in [0.717, 1.165) is 12.0 Å². The third-order valence-corrected chi connectivity index (χ3v) is 2.66. The Hall–Kier alpha value is -2.50. The number of hydrogen-bond acceptors (Lipinski definition) is 4. The highest BCUT2D eigenvalue weighted by molar-refractivity contribution is 6.07. The van der Waals surface area contributed by atoms with E-state index < -0.39 is 0 Å². The molecule has 0 saturated heterocycles. The minimum atomic E-state index is -0.286. The van der Waals surface area contributed by atoms with Crippen molar-refractivity contribution in [2.45, 2.75) is 13.3 Å². The molecule has 2 rings (SSSR count). The van der Waals surface area contributed by atoms with Crippen LogP contribution in [0.15, 0.2) is 24.4 Å². The molecular weight excluding hydrogens is 230 g/mol. The van der Waals surface area contributed by atoms with Gasteiger partial charge in [-0.3, -0.25) is 9.89 Å². The van der Waals surface area contributed by atoms with Crippen LogP contribution in [0.3, 0.4) is 0 Å². The number of benzene rings is 1. The van der Waals surface area contributed by atoms with E-state index in [9.17, 15) is 4.79 Å². The lowest BCUT2D eigenvalue weighted by Crippen LogP contribution is -2.15. The van der Waals surface area contributed by atoms with Gasteiger partial charge in [0, 0.05) is 16.9 Å². The lowest BCUT2D eigenvalue weighted by Gasteiger charge is -2.07. The summed E-state index contributed by atoms with van der Waals surface area (Å²) in [5, 5.41) is 9.37. The molecule has 6 N–H and O–H groups in total. The molecule has 0 aliphatic heterocycles. The fourth-order valence-corrected chi connectivity index (χ4v) is 1.66. The van der Waals surface area contributed by atoms with Gasteiger partial charge in [-0.2, -0.15) is 5.10 Å². The van der Waals surface area contributed by atoms with Crippen molar-refractivity contribution in [3.63, 3.8) is 0 Å². The second kappa shape index (κ2) is 4.79. The summed E-state index contributed by atoms with van der Waals surface area (Å²) in [6.07, 6.45) is 2.46. The average molecular weight is 245 g/mol. The quantitative estimate of drug-likeness (QED) is 0.612. The van der Waals surface area contributed by atoms with E-state index in [0.29, 0.717) is 22.8 Å². The summed E-state index contributed by atoms with van der Waals surface area (Å²) in [5.74, 6) is 0.310. The first-order valence-electron chi connectivity index (χ1n) is 5.60. The highest BCUT2D eigenvalue weighted by atomic mass is 16.1. The number of aromatic amines is 1. The third-order valence-electron chi connectivity index (χ3n) is 2.66.